The molecule has 5 nitrogen and oxygen atoms in total. The van der Waals surface area contributed by atoms with Crippen molar-refractivity contribution < 1.29 is 14.0 Å². The topological polar surface area (TPSA) is 87.6 Å². The van der Waals surface area contributed by atoms with Crippen molar-refractivity contribution >= 4 is 34.4 Å². The molecule has 5 aromatic carbocycles. The summed E-state index contributed by atoms with van der Waals surface area (Å²) in [7, 11) is -3.15. The second-order valence-corrected chi connectivity index (χ2v) is 11.0. The summed E-state index contributed by atoms with van der Waals surface area (Å²) in [6.45, 7) is 0. The third-order valence-electron chi connectivity index (χ3n) is 5.71. The lowest BCUT2D eigenvalue weighted by molar-refractivity contribution is 0.483. The fourth-order valence-corrected chi connectivity index (χ4v) is 6.59. The van der Waals surface area contributed by atoms with Gasteiger partial charge < -0.3 is 25.5 Å². The summed E-state index contributed by atoms with van der Waals surface area (Å²) in [6, 6.07) is 38.7. The maximum atomic E-state index is 14.7. The molecule has 0 aliphatic heterocycles. The standard InChI is InChI=1S/C30H25N2O3P/c31-22-6-4-8-26(20-22)34-24-12-16-29(17-13-24)36(33,28-10-2-1-3-11-28)30-18-14-25(15-19-30)35-27-9-5-7-23(32)21-27/h1-21H,31-32H2. The Morgan fingerprint density at radius 1 is 0.444 bits per heavy atom. The molecule has 0 unspecified atom stereocenters. The second-order valence-electron chi connectivity index (χ2n) is 8.28. The number of hydrogen-bond donors (Lipinski definition) is 2. The Labute approximate surface area is 210 Å². The first-order valence-corrected chi connectivity index (χ1v) is 13.2. The van der Waals surface area contributed by atoms with Gasteiger partial charge in [-0.05, 0) is 72.8 Å². The molecule has 0 radical (unpaired) electrons. The van der Waals surface area contributed by atoms with Crippen molar-refractivity contribution in [2.75, 3.05) is 11.5 Å². The largest absolute Gasteiger partial charge is 0.457 e. The quantitative estimate of drug-likeness (QED) is 0.213. The third-order valence-corrected chi connectivity index (χ3v) is 8.78. The van der Waals surface area contributed by atoms with Gasteiger partial charge in [0.15, 0.2) is 7.14 Å². The lowest BCUT2D eigenvalue weighted by Crippen LogP contribution is -2.24. The van der Waals surface area contributed by atoms with E-state index in [1.165, 1.54) is 0 Å². The van der Waals surface area contributed by atoms with E-state index >= 15 is 0 Å². The van der Waals surface area contributed by atoms with Crippen LogP contribution in [0.25, 0.3) is 0 Å². The normalized spacial score (nSPS) is 11.1. The van der Waals surface area contributed by atoms with Gasteiger partial charge in [0.25, 0.3) is 0 Å². The van der Waals surface area contributed by atoms with Gasteiger partial charge in [0.1, 0.15) is 23.0 Å². The van der Waals surface area contributed by atoms with Gasteiger partial charge in [-0.2, -0.15) is 0 Å². The van der Waals surface area contributed by atoms with Crippen molar-refractivity contribution in [3.63, 3.8) is 0 Å². The molecule has 0 atom stereocenters. The maximum Gasteiger partial charge on any atom is 0.171 e. The highest BCUT2D eigenvalue weighted by Gasteiger charge is 2.29. The highest BCUT2D eigenvalue weighted by Crippen LogP contribution is 2.43. The number of nitrogen functional groups attached to an aromatic ring is 2. The Morgan fingerprint density at radius 2 is 0.861 bits per heavy atom. The number of nitrogens with two attached hydrogens (primary N) is 2. The predicted octanol–water partition coefficient (Wildman–Crippen LogP) is 6.08. The minimum absolute atomic E-state index is 0.626. The summed E-state index contributed by atoms with van der Waals surface area (Å²) >= 11 is 0. The summed E-state index contributed by atoms with van der Waals surface area (Å²) in [5.41, 5.74) is 13.0. The smallest absolute Gasteiger partial charge is 0.171 e. The summed E-state index contributed by atoms with van der Waals surface area (Å²) in [5, 5.41) is 2.16. The van der Waals surface area contributed by atoms with E-state index in [2.05, 4.69) is 0 Å². The van der Waals surface area contributed by atoms with Crippen molar-refractivity contribution in [1.29, 1.82) is 0 Å². The van der Waals surface area contributed by atoms with Crippen molar-refractivity contribution in [1.82, 2.24) is 0 Å². The van der Waals surface area contributed by atoms with Gasteiger partial charge in [0, 0.05) is 39.4 Å². The van der Waals surface area contributed by atoms with E-state index in [1.807, 2.05) is 103 Å². The lowest BCUT2D eigenvalue weighted by Gasteiger charge is -2.20. The van der Waals surface area contributed by atoms with Gasteiger partial charge in [0.2, 0.25) is 0 Å². The van der Waals surface area contributed by atoms with Crippen LogP contribution in [0.4, 0.5) is 11.4 Å². The lowest BCUT2D eigenvalue weighted by atomic mass is 10.3. The number of hydrogen-bond acceptors (Lipinski definition) is 5. The van der Waals surface area contributed by atoms with Crippen LogP contribution < -0.4 is 36.9 Å². The van der Waals surface area contributed by atoms with E-state index in [4.69, 9.17) is 20.9 Å². The molecule has 0 aliphatic rings. The first kappa shape index (κ1) is 23.3. The Kier molecular flexibility index (Phi) is 6.48. The average molecular weight is 493 g/mol. The van der Waals surface area contributed by atoms with Gasteiger partial charge in [-0.1, -0.05) is 42.5 Å². The first-order valence-electron chi connectivity index (χ1n) is 11.4. The second kappa shape index (κ2) is 10.0. The molecular weight excluding hydrogens is 467 g/mol. The van der Waals surface area contributed by atoms with E-state index in [-0.39, 0.29) is 0 Å². The van der Waals surface area contributed by atoms with Crippen molar-refractivity contribution in [3.05, 3.63) is 127 Å². The molecule has 5 rings (SSSR count). The molecule has 0 bridgehead atoms. The van der Waals surface area contributed by atoms with Crippen LogP contribution in [0.15, 0.2) is 127 Å². The van der Waals surface area contributed by atoms with E-state index in [9.17, 15) is 4.57 Å². The van der Waals surface area contributed by atoms with Crippen molar-refractivity contribution in [2.45, 2.75) is 0 Å². The predicted molar refractivity (Wildman–Crippen MR) is 148 cm³/mol. The molecule has 0 heterocycles. The molecule has 0 saturated carbocycles. The molecule has 36 heavy (non-hydrogen) atoms. The fourth-order valence-electron chi connectivity index (χ4n) is 3.96. The molecule has 0 saturated heterocycles. The molecule has 4 N–H and O–H groups in total. The molecule has 0 aliphatic carbocycles. The molecular formula is C30H25N2O3P. The Bertz CT molecular complexity index is 1420. The number of rotatable bonds is 7. The van der Waals surface area contributed by atoms with Crippen LogP contribution in [0, 0.1) is 0 Å². The summed E-state index contributed by atoms with van der Waals surface area (Å²) in [5.74, 6) is 2.55. The summed E-state index contributed by atoms with van der Waals surface area (Å²) in [6.07, 6.45) is 0. The fraction of sp³-hybridized carbons (Fsp3) is 0. The average Bonchev–Trinajstić information content (AvgIpc) is 2.90. The van der Waals surface area contributed by atoms with Gasteiger partial charge in [-0.15, -0.1) is 0 Å². The zero-order chi connectivity index (χ0) is 25.0. The number of benzene rings is 5. The van der Waals surface area contributed by atoms with E-state index in [1.54, 1.807) is 24.3 Å². The van der Waals surface area contributed by atoms with E-state index < -0.39 is 7.14 Å². The van der Waals surface area contributed by atoms with Crippen molar-refractivity contribution in [3.8, 4) is 23.0 Å². The molecule has 5 aromatic rings. The highest BCUT2D eigenvalue weighted by molar-refractivity contribution is 7.85. The zero-order valence-electron chi connectivity index (χ0n) is 19.5. The maximum absolute atomic E-state index is 14.7. The molecule has 178 valence electrons. The third kappa shape index (κ3) is 4.97. The Balaban J connectivity index is 1.47. The molecule has 6 heteroatoms. The van der Waals surface area contributed by atoms with Crippen molar-refractivity contribution in [2.24, 2.45) is 0 Å². The van der Waals surface area contributed by atoms with Crippen LogP contribution >= 0.6 is 7.14 Å². The Morgan fingerprint density at radius 3 is 1.28 bits per heavy atom. The van der Waals surface area contributed by atoms with Gasteiger partial charge in [-0.25, -0.2) is 0 Å². The zero-order valence-corrected chi connectivity index (χ0v) is 20.3. The highest BCUT2D eigenvalue weighted by atomic mass is 31.2. The SMILES string of the molecule is Nc1cccc(Oc2ccc(P(=O)(c3ccccc3)c3ccc(Oc4cccc(N)c4)cc3)cc2)c1. The minimum atomic E-state index is -3.15. The van der Waals surface area contributed by atoms with Crippen LogP contribution in [0.3, 0.4) is 0 Å². The van der Waals surface area contributed by atoms with Crippen LogP contribution in [-0.4, -0.2) is 0 Å². The number of anilines is 2. The van der Waals surface area contributed by atoms with Gasteiger partial charge in [-0.3, -0.25) is 0 Å². The van der Waals surface area contributed by atoms with E-state index in [0.29, 0.717) is 45.0 Å². The Hall–Kier alpha value is -4.47. The van der Waals surface area contributed by atoms with Crippen LogP contribution in [0.5, 0.6) is 23.0 Å². The van der Waals surface area contributed by atoms with Gasteiger partial charge >= 0.3 is 0 Å². The molecule has 0 amide bonds. The first-order chi connectivity index (χ1) is 17.5. The molecule has 0 spiro atoms. The monoisotopic (exact) mass is 492 g/mol. The van der Waals surface area contributed by atoms with E-state index in [0.717, 1.165) is 5.30 Å². The van der Waals surface area contributed by atoms with Crippen LogP contribution in [-0.2, 0) is 4.57 Å². The summed E-state index contributed by atoms with van der Waals surface area (Å²) < 4.78 is 26.6. The summed E-state index contributed by atoms with van der Waals surface area (Å²) in [4.78, 5) is 0. The van der Waals surface area contributed by atoms with Crippen LogP contribution in [0.2, 0.25) is 0 Å². The number of ether oxygens (including phenoxy) is 2. The minimum Gasteiger partial charge on any atom is -0.457 e. The molecule has 0 aromatic heterocycles. The molecule has 0 fully saturated rings. The van der Waals surface area contributed by atoms with Gasteiger partial charge in [0.05, 0.1) is 0 Å². The van der Waals surface area contributed by atoms with Crippen LogP contribution in [0.1, 0.15) is 0 Å².